The Bertz CT molecular complexity index is 453. The van der Waals surface area contributed by atoms with Gasteiger partial charge in [-0.05, 0) is 23.5 Å². The van der Waals surface area contributed by atoms with Crippen molar-refractivity contribution in [1.29, 1.82) is 0 Å². The SMILES string of the molecule is COc1cc(N)cc(C(=O)NCC(C)(C)C(C)C)c1. The van der Waals surface area contributed by atoms with Crippen molar-refractivity contribution in [2.45, 2.75) is 27.7 Å². The fourth-order valence-corrected chi connectivity index (χ4v) is 1.49. The summed E-state index contributed by atoms with van der Waals surface area (Å²) in [4.78, 5) is 12.1. The van der Waals surface area contributed by atoms with Gasteiger partial charge in [0.1, 0.15) is 5.75 Å². The van der Waals surface area contributed by atoms with Crippen LogP contribution in [0.2, 0.25) is 0 Å². The summed E-state index contributed by atoms with van der Waals surface area (Å²) < 4.78 is 5.11. The first-order chi connectivity index (χ1) is 8.76. The topological polar surface area (TPSA) is 64.3 Å². The van der Waals surface area contributed by atoms with Crippen molar-refractivity contribution in [3.05, 3.63) is 23.8 Å². The van der Waals surface area contributed by atoms with Gasteiger partial charge < -0.3 is 15.8 Å². The normalized spacial score (nSPS) is 11.5. The zero-order valence-corrected chi connectivity index (χ0v) is 12.4. The number of nitrogens with one attached hydrogen (secondary N) is 1. The van der Waals surface area contributed by atoms with Crippen molar-refractivity contribution < 1.29 is 9.53 Å². The number of amides is 1. The zero-order chi connectivity index (χ0) is 14.6. The lowest BCUT2D eigenvalue weighted by Crippen LogP contribution is -2.37. The molecular weight excluding hydrogens is 240 g/mol. The number of carbonyl (C=O) groups excluding carboxylic acids is 1. The van der Waals surface area contributed by atoms with Gasteiger partial charge in [-0.25, -0.2) is 0 Å². The molecular formula is C15H24N2O2. The van der Waals surface area contributed by atoms with Crippen LogP contribution >= 0.6 is 0 Å². The average molecular weight is 264 g/mol. The number of benzene rings is 1. The summed E-state index contributed by atoms with van der Waals surface area (Å²) in [7, 11) is 1.55. The average Bonchev–Trinajstić information content (AvgIpc) is 2.34. The summed E-state index contributed by atoms with van der Waals surface area (Å²) in [5, 5.41) is 2.95. The van der Waals surface area contributed by atoms with Gasteiger partial charge in [-0.2, -0.15) is 0 Å². The molecule has 0 saturated carbocycles. The Hall–Kier alpha value is -1.71. The summed E-state index contributed by atoms with van der Waals surface area (Å²) in [6.45, 7) is 9.20. The number of anilines is 1. The molecule has 1 aromatic rings. The number of ether oxygens (including phenoxy) is 1. The van der Waals surface area contributed by atoms with Crippen molar-refractivity contribution in [2.24, 2.45) is 11.3 Å². The molecule has 4 nitrogen and oxygen atoms in total. The van der Waals surface area contributed by atoms with E-state index in [0.717, 1.165) is 0 Å². The molecule has 1 amide bonds. The summed E-state index contributed by atoms with van der Waals surface area (Å²) >= 11 is 0. The quantitative estimate of drug-likeness (QED) is 0.804. The fourth-order valence-electron chi connectivity index (χ4n) is 1.49. The second-order valence-electron chi connectivity index (χ2n) is 5.82. The predicted molar refractivity (Wildman–Crippen MR) is 78.4 cm³/mol. The van der Waals surface area contributed by atoms with Crippen LogP contribution in [-0.2, 0) is 0 Å². The molecule has 0 spiro atoms. The Kier molecular flexibility index (Phi) is 4.81. The first-order valence-electron chi connectivity index (χ1n) is 6.49. The van der Waals surface area contributed by atoms with Crippen LogP contribution in [0.15, 0.2) is 18.2 Å². The lowest BCUT2D eigenvalue weighted by Gasteiger charge is -2.29. The van der Waals surface area contributed by atoms with E-state index in [9.17, 15) is 4.79 Å². The van der Waals surface area contributed by atoms with Crippen LogP contribution in [0.1, 0.15) is 38.1 Å². The summed E-state index contributed by atoms with van der Waals surface area (Å²) in [6, 6.07) is 5.03. The van der Waals surface area contributed by atoms with E-state index in [-0.39, 0.29) is 11.3 Å². The van der Waals surface area contributed by atoms with E-state index in [1.165, 1.54) is 0 Å². The van der Waals surface area contributed by atoms with Gasteiger partial charge in [0, 0.05) is 23.9 Å². The summed E-state index contributed by atoms with van der Waals surface area (Å²) in [5.41, 5.74) is 6.84. The van der Waals surface area contributed by atoms with E-state index in [2.05, 4.69) is 33.0 Å². The molecule has 0 aliphatic carbocycles. The van der Waals surface area contributed by atoms with E-state index >= 15 is 0 Å². The highest BCUT2D eigenvalue weighted by Gasteiger charge is 2.23. The molecule has 4 heteroatoms. The number of nitrogens with two attached hydrogens (primary N) is 1. The molecule has 0 radical (unpaired) electrons. The zero-order valence-electron chi connectivity index (χ0n) is 12.4. The van der Waals surface area contributed by atoms with Crippen LogP contribution < -0.4 is 15.8 Å². The minimum Gasteiger partial charge on any atom is -0.497 e. The molecule has 0 aliphatic rings. The van der Waals surface area contributed by atoms with Crippen LogP contribution in [-0.4, -0.2) is 19.6 Å². The number of rotatable bonds is 5. The van der Waals surface area contributed by atoms with Gasteiger partial charge in [0.25, 0.3) is 5.91 Å². The van der Waals surface area contributed by atoms with Gasteiger partial charge in [-0.1, -0.05) is 27.7 Å². The Morgan fingerprint density at radius 2 is 2.00 bits per heavy atom. The minimum absolute atomic E-state index is 0.0556. The molecule has 19 heavy (non-hydrogen) atoms. The number of hydrogen-bond donors (Lipinski definition) is 2. The van der Waals surface area contributed by atoms with Gasteiger partial charge in [0.2, 0.25) is 0 Å². The smallest absolute Gasteiger partial charge is 0.251 e. The van der Waals surface area contributed by atoms with E-state index in [1.807, 2.05) is 0 Å². The Morgan fingerprint density at radius 3 is 2.53 bits per heavy atom. The van der Waals surface area contributed by atoms with Crippen molar-refractivity contribution in [1.82, 2.24) is 5.32 Å². The van der Waals surface area contributed by atoms with Gasteiger partial charge in [-0.15, -0.1) is 0 Å². The molecule has 0 saturated heterocycles. The Balaban J connectivity index is 2.76. The molecule has 0 atom stereocenters. The molecule has 0 aliphatic heterocycles. The third-order valence-corrected chi connectivity index (χ3v) is 3.69. The second-order valence-corrected chi connectivity index (χ2v) is 5.82. The molecule has 0 heterocycles. The molecule has 0 aromatic heterocycles. The highest BCUT2D eigenvalue weighted by Crippen LogP contribution is 2.25. The third-order valence-electron chi connectivity index (χ3n) is 3.69. The summed E-state index contributed by atoms with van der Waals surface area (Å²) in [5.74, 6) is 0.954. The molecule has 106 valence electrons. The van der Waals surface area contributed by atoms with Gasteiger partial charge >= 0.3 is 0 Å². The Morgan fingerprint density at radius 1 is 1.37 bits per heavy atom. The summed E-state index contributed by atoms with van der Waals surface area (Å²) in [6.07, 6.45) is 0. The first kappa shape index (κ1) is 15.3. The molecule has 0 unspecified atom stereocenters. The van der Waals surface area contributed by atoms with Crippen LogP contribution in [0.3, 0.4) is 0 Å². The first-order valence-corrected chi connectivity index (χ1v) is 6.49. The van der Waals surface area contributed by atoms with Gasteiger partial charge in [0.05, 0.1) is 7.11 Å². The van der Waals surface area contributed by atoms with Crippen LogP contribution in [0.5, 0.6) is 5.75 Å². The maximum absolute atomic E-state index is 12.1. The minimum atomic E-state index is -0.126. The third kappa shape index (κ3) is 4.16. The number of nitrogen functional groups attached to an aromatic ring is 1. The highest BCUT2D eigenvalue weighted by atomic mass is 16.5. The molecule has 1 rings (SSSR count). The lowest BCUT2D eigenvalue weighted by atomic mass is 9.81. The Labute approximate surface area is 115 Å². The largest absolute Gasteiger partial charge is 0.497 e. The van der Waals surface area contributed by atoms with Crippen molar-refractivity contribution in [3.63, 3.8) is 0 Å². The van der Waals surface area contributed by atoms with E-state index in [4.69, 9.17) is 10.5 Å². The molecule has 0 bridgehead atoms. The van der Waals surface area contributed by atoms with E-state index in [1.54, 1.807) is 25.3 Å². The number of hydrogen-bond acceptors (Lipinski definition) is 3. The van der Waals surface area contributed by atoms with E-state index in [0.29, 0.717) is 29.5 Å². The predicted octanol–water partition coefficient (Wildman–Crippen LogP) is 2.69. The van der Waals surface area contributed by atoms with Crippen LogP contribution in [0.4, 0.5) is 5.69 Å². The van der Waals surface area contributed by atoms with Crippen molar-refractivity contribution in [3.8, 4) is 5.75 Å². The fraction of sp³-hybridized carbons (Fsp3) is 0.533. The molecule has 0 fully saturated rings. The lowest BCUT2D eigenvalue weighted by molar-refractivity contribution is 0.0924. The molecule has 1 aromatic carbocycles. The second kappa shape index (κ2) is 5.95. The number of methoxy groups -OCH3 is 1. The van der Waals surface area contributed by atoms with Crippen LogP contribution in [0.25, 0.3) is 0 Å². The molecule has 3 N–H and O–H groups in total. The monoisotopic (exact) mass is 264 g/mol. The standard InChI is InChI=1S/C15H24N2O2/c1-10(2)15(3,4)9-17-14(18)11-6-12(16)8-13(7-11)19-5/h6-8,10H,9,16H2,1-5H3,(H,17,18). The van der Waals surface area contributed by atoms with Gasteiger partial charge in [0.15, 0.2) is 0 Å². The number of carbonyl (C=O) groups is 1. The maximum atomic E-state index is 12.1. The highest BCUT2D eigenvalue weighted by molar-refractivity contribution is 5.95. The van der Waals surface area contributed by atoms with E-state index < -0.39 is 0 Å². The van der Waals surface area contributed by atoms with Crippen molar-refractivity contribution in [2.75, 3.05) is 19.4 Å². The van der Waals surface area contributed by atoms with Crippen LogP contribution in [0, 0.1) is 11.3 Å². The van der Waals surface area contributed by atoms with Crippen molar-refractivity contribution >= 4 is 11.6 Å². The van der Waals surface area contributed by atoms with Gasteiger partial charge in [-0.3, -0.25) is 4.79 Å². The maximum Gasteiger partial charge on any atom is 0.251 e.